The van der Waals surface area contributed by atoms with E-state index in [-0.39, 0.29) is 16.5 Å². The molecule has 0 amide bonds. The van der Waals surface area contributed by atoms with Gasteiger partial charge >= 0.3 is 0 Å². The summed E-state index contributed by atoms with van der Waals surface area (Å²) in [6, 6.07) is 2.98. The highest BCUT2D eigenvalue weighted by Crippen LogP contribution is 2.38. The highest BCUT2D eigenvalue weighted by Gasteiger charge is 2.29. The summed E-state index contributed by atoms with van der Waals surface area (Å²) in [7, 11) is -3.99. The van der Waals surface area contributed by atoms with Crippen LogP contribution in [-0.4, -0.2) is 32.4 Å². The molecule has 1 aliphatic rings. The Morgan fingerprint density at radius 1 is 1.32 bits per heavy atom. The minimum absolute atomic E-state index is 0.112. The number of benzene rings is 1. The number of halogens is 2. The molecule has 22 heavy (non-hydrogen) atoms. The highest BCUT2D eigenvalue weighted by molar-refractivity contribution is 7.89. The Bertz CT molecular complexity index is 695. The van der Waals surface area contributed by atoms with Crippen molar-refractivity contribution < 1.29 is 8.42 Å². The largest absolute Gasteiger partial charge is 0.370 e. The number of sulfonamides is 1. The lowest BCUT2D eigenvalue weighted by atomic mass is 10.3. The van der Waals surface area contributed by atoms with E-state index >= 15 is 0 Å². The first-order valence-electron chi connectivity index (χ1n) is 7.08. The second-order valence-electron chi connectivity index (χ2n) is 5.11. The van der Waals surface area contributed by atoms with Crippen LogP contribution in [-0.2, 0) is 10.0 Å². The van der Waals surface area contributed by atoms with Crippen LogP contribution in [0.15, 0.2) is 17.0 Å². The molecule has 1 saturated heterocycles. The van der Waals surface area contributed by atoms with Gasteiger partial charge in [0, 0.05) is 24.7 Å². The first kappa shape index (κ1) is 17.2. The van der Waals surface area contributed by atoms with E-state index in [1.807, 2.05) is 4.90 Å². The van der Waals surface area contributed by atoms with E-state index in [1.54, 1.807) is 19.2 Å². The van der Waals surface area contributed by atoms with Gasteiger partial charge in [0.15, 0.2) is 6.19 Å². The summed E-state index contributed by atoms with van der Waals surface area (Å²) in [5.41, 5.74) is 0.611. The van der Waals surface area contributed by atoms with Crippen molar-refractivity contribution in [3.05, 3.63) is 22.2 Å². The second-order valence-corrected chi connectivity index (χ2v) is 7.75. The summed E-state index contributed by atoms with van der Waals surface area (Å²) in [5.74, 6) is 0. The first-order valence-corrected chi connectivity index (χ1v) is 9.28. The topological polar surface area (TPSA) is 64.4 Å². The van der Waals surface area contributed by atoms with Crippen molar-refractivity contribution in [1.29, 1.82) is 5.26 Å². The summed E-state index contributed by atoms with van der Waals surface area (Å²) in [6.07, 6.45) is 4.30. The number of nitrogens with zero attached hydrogens (tertiary/aromatic N) is 3. The number of hydrogen-bond acceptors (Lipinski definition) is 4. The smallest absolute Gasteiger partial charge is 0.274 e. The summed E-state index contributed by atoms with van der Waals surface area (Å²) in [5, 5.41) is 9.52. The van der Waals surface area contributed by atoms with Crippen LogP contribution in [0, 0.1) is 11.5 Å². The van der Waals surface area contributed by atoms with Crippen molar-refractivity contribution in [3.63, 3.8) is 0 Å². The molecular weight excluding hydrogens is 345 g/mol. The van der Waals surface area contributed by atoms with Crippen molar-refractivity contribution >= 4 is 38.9 Å². The summed E-state index contributed by atoms with van der Waals surface area (Å²) >= 11 is 12.4. The molecule has 8 heteroatoms. The van der Waals surface area contributed by atoms with Crippen molar-refractivity contribution in [2.24, 2.45) is 0 Å². The Labute approximate surface area is 141 Å². The van der Waals surface area contributed by atoms with E-state index in [9.17, 15) is 8.42 Å². The predicted octanol–water partition coefficient (Wildman–Crippen LogP) is 3.48. The Balaban J connectivity index is 2.53. The Morgan fingerprint density at radius 3 is 2.50 bits per heavy atom. The SMILES string of the molecule is CCCN(C#N)S(=O)(=O)c1cc(Cl)cc(N2CCCC2)c1Cl. The Hall–Kier alpha value is -1.16. The second kappa shape index (κ2) is 6.95. The van der Waals surface area contributed by atoms with Crippen LogP contribution in [0.1, 0.15) is 26.2 Å². The third kappa shape index (κ3) is 3.27. The molecule has 120 valence electrons. The molecule has 5 nitrogen and oxygen atoms in total. The Kier molecular flexibility index (Phi) is 5.43. The predicted molar refractivity (Wildman–Crippen MR) is 87.7 cm³/mol. The maximum absolute atomic E-state index is 12.6. The van der Waals surface area contributed by atoms with Crippen LogP contribution in [0.2, 0.25) is 10.0 Å². The lowest BCUT2D eigenvalue weighted by Crippen LogP contribution is -2.28. The molecule has 1 heterocycles. The van der Waals surface area contributed by atoms with Gasteiger partial charge in [0.1, 0.15) is 4.90 Å². The summed E-state index contributed by atoms with van der Waals surface area (Å²) < 4.78 is 26.0. The van der Waals surface area contributed by atoms with Crippen LogP contribution in [0.4, 0.5) is 5.69 Å². The molecule has 0 radical (unpaired) electrons. The van der Waals surface area contributed by atoms with Crippen LogP contribution in [0.25, 0.3) is 0 Å². The molecule has 0 aliphatic carbocycles. The molecule has 0 atom stereocenters. The van der Waals surface area contributed by atoms with Crippen molar-refractivity contribution in [2.45, 2.75) is 31.1 Å². The normalized spacial score (nSPS) is 14.9. The fourth-order valence-electron chi connectivity index (χ4n) is 2.47. The summed E-state index contributed by atoms with van der Waals surface area (Å²) in [6.45, 7) is 3.54. The molecule has 1 fully saturated rings. The lowest BCUT2D eigenvalue weighted by Gasteiger charge is -2.22. The highest BCUT2D eigenvalue weighted by atomic mass is 35.5. The minimum atomic E-state index is -3.99. The molecule has 0 aromatic heterocycles. The van der Waals surface area contributed by atoms with Gasteiger partial charge in [-0.25, -0.2) is 12.7 Å². The van der Waals surface area contributed by atoms with Crippen LogP contribution in [0.3, 0.4) is 0 Å². The van der Waals surface area contributed by atoms with Crippen molar-refractivity contribution in [1.82, 2.24) is 4.31 Å². The van der Waals surface area contributed by atoms with Gasteiger partial charge in [0.05, 0.1) is 10.7 Å². The van der Waals surface area contributed by atoms with Gasteiger partial charge in [-0.2, -0.15) is 5.26 Å². The fourth-order valence-corrected chi connectivity index (χ4v) is 4.65. The Morgan fingerprint density at radius 2 is 1.95 bits per heavy atom. The van der Waals surface area contributed by atoms with E-state index in [0.717, 1.165) is 30.2 Å². The van der Waals surface area contributed by atoms with Gasteiger partial charge in [0.2, 0.25) is 0 Å². The zero-order valence-electron chi connectivity index (χ0n) is 12.2. The molecule has 0 bridgehead atoms. The van der Waals surface area contributed by atoms with E-state index in [4.69, 9.17) is 28.5 Å². The van der Waals surface area contributed by atoms with Gasteiger partial charge in [-0.05, 0) is 31.4 Å². The standard InChI is InChI=1S/C14H17Cl2N3O2S/c1-2-5-19(10-17)22(20,21)13-9-11(15)8-12(14(13)16)18-6-3-4-7-18/h8-9H,2-7H2,1H3. The molecule has 2 rings (SSSR count). The third-order valence-electron chi connectivity index (χ3n) is 3.54. The molecule has 1 aromatic carbocycles. The van der Waals surface area contributed by atoms with Gasteiger partial charge in [-0.1, -0.05) is 30.1 Å². The lowest BCUT2D eigenvalue weighted by molar-refractivity contribution is 0.505. The molecule has 0 N–H and O–H groups in total. The number of rotatable bonds is 5. The third-order valence-corrected chi connectivity index (χ3v) is 5.99. The average Bonchev–Trinajstić information content (AvgIpc) is 3.00. The number of nitriles is 1. The van der Waals surface area contributed by atoms with Gasteiger partial charge in [0.25, 0.3) is 10.0 Å². The van der Waals surface area contributed by atoms with Gasteiger partial charge in [-0.3, -0.25) is 0 Å². The zero-order valence-corrected chi connectivity index (χ0v) is 14.5. The fraction of sp³-hybridized carbons (Fsp3) is 0.500. The van der Waals surface area contributed by atoms with Gasteiger partial charge in [-0.15, -0.1) is 0 Å². The molecule has 0 saturated carbocycles. The molecular formula is C14H17Cl2N3O2S. The van der Waals surface area contributed by atoms with Crippen molar-refractivity contribution in [3.8, 4) is 6.19 Å². The zero-order chi connectivity index (χ0) is 16.3. The van der Waals surface area contributed by atoms with E-state index in [1.165, 1.54) is 6.07 Å². The van der Waals surface area contributed by atoms with E-state index in [2.05, 4.69) is 0 Å². The monoisotopic (exact) mass is 361 g/mol. The van der Waals surface area contributed by atoms with Crippen LogP contribution < -0.4 is 4.90 Å². The molecule has 0 spiro atoms. The first-order chi connectivity index (χ1) is 10.4. The number of anilines is 1. The summed E-state index contributed by atoms with van der Waals surface area (Å²) in [4.78, 5) is 1.91. The van der Waals surface area contributed by atoms with E-state index in [0.29, 0.717) is 17.1 Å². The minimum Gasteiger partial charge on any atom is -0.370 e. The molecule has 1 aromatic rings. The molecule has 1 aliphatic heterocycles. The average molecular weight is 362 g/mol. The van der Waals surface area contributed by atoms with Crippen LogP contribution in [0.5, 0.6) is 0 Å². The van der Waals surface area contributed by atoms with Gasteiger partial charge < -0.3 is 4.90 Å². The molecule has 0 unspecified atom stereocenters. The maximum atomic E-state index is 12.6. The van der Waals surface area contributed by atoms with Crippen LogP contribution >= 0.6 is 23.2 Å². The number of hydrogen-bond donors (Lipinski definition) is 0. The maximum Gasteiger partial charge on any atom is 0.274 e. The van der Waals surface area contributed by atoms with E-state index < -0.39 is 10.0 Å². The van der Waals surface area contributed by atoms with Crippen molar-refractivity contribution in [2.75, 3.05) is 24.5 Å². The quantitative estimate of drug-likeness (QED) is 0.594.